The lowest BCUT2D eigenvalue weighted by atomic mass is 9.80. The third-order valence-electron chi connectivity index (χ3n) is 13.6. The van der Waals surface area contributed by atoms with Gasteiger partial charge in [0, 0.05) is 18.9 Å². The molecule has 276 valence electrons. The van der Waals surface area contributed by atoms with Gasteiger partial charge in [-0.05, 0) is 91.4 Å². The van der Waals surface area contributed by atoms with Gasteiger partial charge in [-0.1, -0.05) is 76.3 Å². The van der Waals surface area contributed by atoms with Crippen LogP contribution >= 0.6 is 0 Å². The van der Waals surface area contributed by atoms with E-state index in [9.17, 15) is 28.8 Å². The summed E-state index contributed by atoms with van der Waals surface area (Å²) >= 11 is 0. The molecule has 0 radical (unpaired) electrons. The van der Waals surface area contributed by atoms with Crippen molar-refractivity contribution in [1.82, 2.24) is 15.5 Å². The molecule has 4 unspecified atom stereocenters. The van der Waals surface area contributed by atoms with Crippen LogP contribution in [0.15, 0.2) is 30.3 Å². The van der Waals surface area contributed by atoms with Crippen LogP contribution in [0.2, 0.25) is 0 Å². The maximum absolute atomic E-state index is 14.7. The Balaban J connectivity index is 1.10. The number of esters is 1. The van der Waals surface area contributed by atoms with Crippen LogP contribution in [0.3, 0.4) is 0 Å². The second-order valence-corrected chi connectivity index (χ2v) is 17.3. The van der Waals surface area contributed by atoms with Crippen LogP contribution in [0.1, 0.15) is 103 Å². The first-order chi connectivity index (χ1) is 24.4. The van der Waals surface area contributed by atoms with Crippen molar-refractivity contribution in [2.45, 2.75) is 122 Å². The first-order valence-electron chi connectivity index (χ1n) is 19.4. The number of benzene rings is 1. The fourth-order valence-electron chi connectivity index (χ4n) is 10.5. The molecule has 8 atom stereocenters. The van der Waals surface area contributed by atoms with Gasteiger partial charge in [-0.25, -0.2) is 9.59 Å². The SMILES string of the molecule is CC1(C)[C@@H]2[C@@H](C(=O)CC(CC3CC3)C(=O)C(N)=O)N(C(=O)[C@@H](NC(=O)NC3(C(=O)OCc4ccccc4)CC4CCC3C4)C3CCCCC3)C[C@@H]21. The number of hydrogen-bond acceptors (Lipinski definition) is 7. The van der Waals surface area contributed by atoms with Crippen molar-refractivity contribution in [3.63, 3.8) is 0 Å². The molecule has 1 aromatic rings. The molecule has 1 saturated heterocycles. The largest absolute Gasteiger partial charge is 0.459 e. The predicted molar refractivity (Wildman–Crippen MR) is 187 cm³/mol. The minimum atomic E-state index is -1.16. The summed E-state index contributed by atoms with van der Waals surface area (Å²) in [5.74, 6) is -2.90. The van der Waals surface area contributed by atoms with Crippen LogP contribution < -0.4 is 16.4 Å². The van der Waals surface area contributed by atoms with Crippen molar-refractivity contribution < 1.29 is 33.5 Å². The van der Waals surface area contributed by atoms with E-state index in [4.69, 9.17) is 10.5 Å². The Labute approximate surface area is 300 Å². The number of carbonyl (C=O) groups excluding carboxylic acids is 6. The molecule has 2 bridgehead atoms. The second-order valence-electron chi connectivity index (χ2n) is 17.3. The van der Waals surface area contributed by atoms with E-state index in [1.165, 1.54) is 0 Å². The highest BCUT2D eigenvalue weighted by molar-refractivity contribution is 6.36. The first kappa shape index (κ1) is 35.6. The van der Waals surface area contributed by atoms with Gasteiger partial charge >= 0.3 is 12.0 Å². The summed E-state index contributed by atoms with van der Waals surface area (Å²) in [5.41, 5.74) is 4.96. The van der Waals surface area contributed by atoms with Crippen molar-refractivity contribution in [3.8, 4) is 0 Å². The average Bonchev–Trinajstić information content (AvgIpc) is 3.77. The Bertz CT molecular complexity index is 1550. The van der Waals surface area contributed by atoms with Crippen LogP contribution in [-0.4, -0.2) is 64.4 Å². The molecule has 51 heavy (non-hydrogen) atoms. The molecule has 11 heteroatoms. The molecule has 6 fully saturated rings. The standard InChI is InChI=1S/C40H54N4O7/c1-39(2)29-21-44(33(31(29)39)30(45)19-27(17-23-13-14-23)34(46)35(41)47)36(48)32(26-11-7-4-8-12-26)42-38(50)43-40(20-25-15-16-28(40)18-25)37(49)51-22-24-9-5-3-6-10-24/h3,5-6,9-10,23,25-29,31-33H,4,7-8,11-22H2,1-2H3,(H2,41,47)(H2,42,43,50)/t25?,27?,28?,29-,31-,32-,33+,40?/m0/s1. The van der Waals surface area contributed by atoms with Gasteiger partial charge in [0.2, 0.25) is 11.7 Å². The topological polar surface area (TPSA) is 165 Å². The Kier molecular flexibility index (Phi) is 9.78. The molecule has 7 rings (SSSR count). The van der Waals surface area contributed by atoms with Crippen molar-refractivity contribution in [2.24, 2.45) is 52.6 Å². The van der Waals surface area contributed by atoms with E-state index in [-0.39, 0.29) is 53.8 Å². The molecule has 0 spiro atoms. The van der Waals surface area contributed by atoms with E-state index in [0.717, 1.165) is 69.8 Å². The molecule has 0 aromatic heterocycles. The zero-order valence-electron chi connectivity index (χ0n) is 30.1. The number of nitrogens with one attached hydrogen (secondary N) is 2. The Morgan fingerprint density at radius 1 is 0.961 bits per heavy atom. The number of urea groups is 1. The average molecular weight is 703 g/mol. The number of primary amides is 1. The van der Waals surface area contributed by atoms with Crippen molar-refractivity contribution in [1.29, 1.82) is 0 Å². The lowest BCUT2D eigenvalue weighted by Gasteiger charge is -2.39. The van der Waals surface area contributed by atoms with E-state index >= 15 is 0 Å². The van der Waals surface area contributed by atoms with Crippen molar-refractivity contribution in [3.05, 3.63) is 35.9 Å². The molecule has 11 nitrogen and oxygen atoms in total. The number of ketones is 2. The third kappa shape index (κ3) is 7.06. The molecular formula is C40H54N4O7. The molecule has 4 amide bonds. The normalized spacial score (nSPS) is 31.6. The molecule has 1 heterocycles. The van der Waals surface area contributed by atoms with Gasteiger partial charge in [-0.3, -0.25) is 19.2 Å². The van der Waals surface area contributed by atoms with Crippen molar-refractivity contribution >= 4 is 35.4 Å². The highest BCUT2D eigenvalue weighted by atomic mass is 16.5. The summed E-state index contributed by atoms with van der Waals surface area (Å²) in [6.07, 6.45) is 9.94. The number of rotatable bonds is 14. The molecule has 5 saturated carbocycles. The minimum absolute atomic E-state index is 0.0398. The number of hydrogen-bond donors (Lipinski definition) is 3. The summed E-state index contributed by atoms with van der Waals surface area (Å²) in [5, 5.41) is 6.11. The fraction of sp³-hybridized carbons (Fsp3) is 0.700. The Morgan fingerprint density at radius 2 is 1.69 bits per heavy atom. The van der Waals surface area contributed by atoms with Gasteiger partial charge in [0.05, 0.1) is 6.04 Å². The van der Waals surface area contributed by atoms with E-state index in [2.05, 4.69) is 24.5 Å². The third-order valence-corrected chi connectivity index (χ3v) is 13.6. The van der Waals surface area contributed by atoms with E-state index in [0.29, 0.717) is 31.2 Å². The molecule has 4 N–H and O–H groups in total. The van der Waals surface area contributed by atoms with E-state index in [1.807, 2.05) is 30.3 Å². The maximum Gasteiger partial charge on any atom is 0.332 e. The Hall–Kier alpha value is -3.76. The summed E-state index contributed by atoms with van der Waals surface area (Å²) in [4.78, 5) is 83.2. The van der Waals surface area contributed by atoms with Gasteiger partial charge in [0.1, 0.15) is 18.2 Å². The number of Topliss-reactive ketones (excluding diaryl/α,β-unsaturated/α-hetero) is 2. The van der Waals surface area contributed by atoms with Gasteiger partial charge < -0.3 is 26.0 Å². The molecule has 1 aliphatic heterocycles. The predicted octanol–water partition coefficient (Wildman–Crippen LogP) is 4.45. The number of carbonyl (C=O) groups is 6. The van der Waals surface area contributed by atoms with Crippen LogP contribution in [0.25, 0.3) is 0 Å². The monoisotopic (exact) mass is 702 g/mol. The second kappa shape index (κ2) is 14.0. The summed E-state index contributed by atoms with van der Waals surface area (Å²) in [6.45, 7) is 4.73. The zero-order chi connectivity index (χ0) is 36.1. The number of fused-ring (bicyclic) bond motifs is 3. The number of piperidine rings is 1. The maximum atomic E-state index is 14.7. The lowest BCUT2D eigenvalue weighted by Crippen LogP contribution is -2.64. The van der Waals surface area contributed by atoms with Crippen LogP contribution in [0.4, 0.5) is 4.79 Å². The van der Waals surface area contributed by atoms with Crippen LogP contribution in [0.5, 0.6) is 0 Å². The first-order valence-corrected chi connectivity index (χ1v) is 19.4. The quantitative estimate of drug-likeness (QED) is 0.190. The molecule has 1 aromatic carbocycles. The number of likely N-dealkylation sites (tertiary alicyclic amines) is 1. The van der Waals surface area contributed by atoms with Gasteiger partial charge in [0.15, 0.2) is 5.78 Å². The van der Waals surface area contributed by atoms with Crippen LogP contribution in [-0.2, 0) is 35.3 Å². The number of nitrogens with two attached hydrogens (primary N) is 1. The highest BCUT2D eigenvalue weighted by Crippen LogP contribution is 2.65. The molecular weight excluding hydrogens is 648 g/mol. The summed E-state index contributed by atoms with van der Waals surface area (Å²) in [7, 11) is 0. The van der Waals surface area contributed by atoms with Gasteiger partial charge in [-0.2, -0.15) is 0 Å². The molecule has 6 aliphatic rings. The fourth-order valence-corrected chi connectivity index (χ4v) is 10.5. The summed E-state index contributed by atoms with van der Waals surface area (Å²) in [6, 6.07) is 7.30. The minimum Gasteiger partial charge on any atom is -0.459 e. The smallest absolute Gasteiger partial charge is 0.332 e. The number of ether oxygens (including phenoxy) is 1. The summed E-state index contributed by atoms with van der Waals surface area (Å²) < 4.78 is 5.84. The molecule has 5 aliphatic carbocycles. The van der Waals surface area contributed by atoms with E-state index < -0.39 is 47.2 Å². The number of nitrogens with zero attached hydrogens (tertiary/aromatic N) is 1. The van der Waals surface area contributed by atoms with E-state index in [1.54, 1.807) is 4.90 Å². The van der Waals surface area contributed by atoms with Gasteiger partial charge in [-0.15, -0.1) is 0 Å². The lowest BCUT2D eigenvalue weighted by molar-refractivity contribution is -0.155. The van der Waals surface area contributed by atoms with Crippen LogP contribution in [0, 0.1) is 46.8 Å². The van der Waals surface area contributed by atoms with Gasteiger partial charge in [0.25, 0.3) is 5.91 Å². The Morgan fingerprint density at radius 3 is 2.31 bits per heavy atom. The highest BCUT2D eigenvalue weighted by Gasteiger charge is 2.69. The number of amides is 4. The zero-order valence-corrected chi connectivity index (χ0v) is 30.1. The van der Waals surface area contributed by atoms with Crippen molar-refractivity contribution in [2.75, 3.05) is 6.54 Å².